The zero-order valence-corrected chi connectivity index (χ0v) is 21.6. The molecular formula is C27H21F5N4O3S. The quantitative estimate of drug-likeness (QED) is 0.295. The van der Waals surface area contributed by atoms with E-state index in [1.165, 1.54) is 37.3 Å². The molecular weight excluding hydrogens is 555 g/mol. The molecule has 5 rings (SSSR count). The molecule has 1 aliphatic rings. The highest BCUT2D eigenvalue weighted by molar-refractivity contribution is 7.18. The van der Waals surface area contributed by atoms with Crippen molar-refractivity contribution in [1.82, 2.24) is 15.3 Å². The Kier molecular flexibility index (Phi) is 6.94. The zero-order chi connectivity index (χ0) is 28.8. The Hall–Kier alpha value is -4.13. The Morgan fingerprint density at radius 3 is 2.52 bits per heavy atom. The minimum absolute atomic E-state index is 0.0163. The van der Waals surface area contributed by atoms with Gasteiger partial charge in [-0.15, -0.1) is 11.3 Å². The number of alkyl halides is 4. The molecule has 3 N–H and O–H groups in total. The van der Waals surface area contributed by atoms with Crippen molar-refractivity contribution in [2.75, 3.05) is 13.2 Å². The maximum Gasteiger partial charge on any atom is 0.398 e. The number of nitrogens with two attached hydrogens (primary N) is 1. The number of thiazole rings is 1. The first-order valence-corrected chi connectivity index (χ1v) is 12.8. The molecule has 2 aromatic heterocycles. The van der Waals surface area contributed by atoms with Gasteiger partial charge in [-0.1, -0.05) is 0 Å². The van der Waals surface area contributed by atoms with Gasteiger partial charge in [0, 0.05) is 23.2 Å². The first-order chi connectivity index (χ1) is 18.9. The molecule has 7 nitrogen and oxygen atoms in total. The van der Waals surface area contributed by atoms with Crippen molar-refractivity contribution in [3.63, 3.8) is 0 Å². The lowest BCUT2D eigenvalue weighted by atomic mass is 9.82. The number of hydrogen-bond donors (Lipinski definition) is 2. The summed E-state index contributed by atoms with van der Waals surface area (Å²) >= 11 is 1.04. The number of rotatable bonds is 7. The number of hydrogen-bond acceptors (Lipinski definition) is 6. The van der Waals surface area contributed by atoms with E-state index in [9.17, 15) is 31.5 Å². The monoisotopic (exact) mass is 576 g/mol. The summed E-state index contributed by atoms with van der Waals surface area (Å²) in [4.78, 5) is 33.4. The van der Waals surface area contributed by atoms with Gasteiger partial charge in [-0.3, -0.25) is 9.59 Å². The molecule has 2 aromatic carbocycles. The fourth-order valence-corrected chi connectivity index (χ4v) is 5.30. The first kappa shape index (κ1) is 27.4. The number of aromatic nitrogens is 2. The molecule has 0 radical (unpaired) electrons. The van der Waals surface area contributed by atoms with Crippen LogP contribution >= 0.6 is 11.3 Å². The molecule has 0 bridgehead atoms. The van der Waals surface area contributed by atoms with E-state index in [4.69, 9.17) is 10.5 Å². The lowest BCUT2D eigenvalue weighted by Crippen LogP contribution is -2.40. The van der Waals surface area contributed by atoms with Gasteiger partial charge < -0.3 is 15.8 Å². The van der Waals surface area contributed by atoms with Gasteiger partial charge in [-0.05, 0) is 55.5 Å². The van der Waals surface area contributed by atoms with Gasteiger partial charge in [0.05, 0.1) is 15.9 Å². The number of fused-ring (bicyclic) bond motifs is 2. The number of amides is 2. The van der Waals surface area contributed by atoms with Crippen LogP contribution in [0, 0.1) is 5.82 Å². The second-order valence-corrected chi connectivity index (χ2v) is 10.6. The summed E-state index contributed by atoms with van der Waals surface area (Å²) in [5.74, 6) is -4.35. The molecule has 1 aliphatic heterocycles. The van der Waals surface area contributed by atoms with Crippen molar-refractivity contribution in [3.8, 4) is 17.0 Å². The van der Waals surface area contributed by atoms with Crippen LogP contribution in [0.25, 0.3) is 21.5 Å². The summed E-state index contributed by atoms with van der Waals surface area (Å²) in [5.41, 5.74) is 4.58. The number of pyridine rings is 1. The van der Waals surface area contributed by atoms with Gasteiger partial charge in [0.15, 0.2) is 0 Å². The summed E-state index contributed by atoms with van der Waals surface area (Å²) in [6.45, 7) is -0.411. The minimum Gasteiger partial charge on any atom is -0.489 e. The zero-order valence-electron chi connectivity index (χ0n) is 20.8. The smallest absolute Gasteiger partial charge is 0.398 e. The molecule has 3 heterocycles. The third-order valence-electron chi connectivity index (χ3n) is 6.78. The van der Waals surface area contributed by atoms with E-state index in [1.54, 1.807) is 0 Å². The van der Waals surface area contributed by atoms with E-state index >= 15 is 0 Å². The predicted octanol–water partition coefficient (Wildman–Crippen LogP) is 5.18. The van der Waals surface area contributed by atoms with Crippen LogP contribution in [0.4, 0.5) is 22.0 Å². The molecule has 2 atom stereocenters. The van der Waals surface area contributed by atoms with Crippen molar-refractivity contribution >= 4 is 33.4 Å². The molecule has 40 heavy (non-hydrogen) atoms. The Morgan fingerprint density at radius 2 is 1.88 bits per heavy atom. The van der Waals surface area contributed by atoms with E-state index in [2.05, 4.69) is 15.3 Å². The Morgan fingerprint density at radius 1 is 1.15 bits per heavy atom. The van der Waals surface area contributed by atoms with Crippen molar-refractivity contribution in [3.05, 3.63) is 76.2 Å². The molecule has 0 saturated carbocycles. The maximum absolute atomic E-state index is 14.4. The first-order valence-electron chi connectivity index (χ1n) is 11.9. The molecule has 208 valence electrons. The van der Waals surface area contributed by atoms with Crippen LogP contribution in [0.1, 0.15) is 39.5 Å². The SMILES string of the molecule is C[C@]1(C(N)=O)COc2c1cc([C@@H](CNC(=O)c1ccc3nc(CF)sc3c1)C(F)(F)F)nc2-c1ccc(F)cc1. The number of ether oxygens (including phenoxy) is 1. The lowest BCUT2D eigenvalue weighted by Gasteiger charge is -2.24. The van der Waals surface area contributed by atoms with Crippen LogP contribution in [-0.4, -0.2) is 41.1 Å². The van der Waals surface area contributed by atoms with E-state index < -0.39 is 54.1 Å². The van der Waals surface area contributed by atoms with Gasteiger partial charge in [0.25, 0.3) is 5.91 Å². The number of nitrogens with zero attached hydrogens (tertiary/aromatic N) is 2. The minimum atomic E-state index is -4.85. The summed E-state index contributed by atoms with van der Waals surface area (Å²) in [5, 5.41) is 2.52. The van der Waals surface area contributed by atoms with E-state index in [1.807, 2.05) is 0 Å². The van der Waals surface area contributed by atoms with Crippen molar-refractivity contribution in [1.29, 1.82) is 0 Å². The molecule has 0 aliphatic carbocycles. The Labute approximate surface area is 228 Å². The van der Waals surface area contributed by atoms with Gasteiger partial charge in [-0.2, -0.15) is 13.2 Å². The third-order valence-corrected chi connectivity index (χ3v) is 7.76. The molecule has 13 heteroatoms. The number of primary amides is 1. The van der Waals surface area contributed by atoms with Crippen LogP contribution in [0.15, 0.2) is 48.5 Å². The molecule has 0 saturated heterocycles. The van der Waals surface area contributed by atoms with Gasteiger partial charge in [0.2, 0.25) is 5.91 Å². The van der Waals surface area contributed by atoms with Crippen molar-refractivity contribution < 1.29 is 36.3 Å². The summed E-state index contributed by atoms with van der Waals surface area (Å²) in [6.07, 6.45) is -4.85. The van der Waals surface area contributed by atoms with Crippen molar-refractivity contribution in [2.45, 2.75) is 31.1 Å². The Balaban J connectivity index is 1.52. The average Bonchev–Trinajstić information content (AvgIpc) is 3.49. The van der Waals surface area contributed by atoms with Crippen molar-refractivity contribution in [2.24, 2.45) is 5.73 Å². The highest BCUT2D eigenvalue weighted by Gasteiger charge is 2.47. The predicted molar refractivity (Wildman–Crippen MR) is 137 cm³/mol. The topological polar surface area (TPSA) is 107 Å². The second kappa shape index (κ2) is 10.1. The Bertz CT molecular complexity index is 1620. The van der Waals surface area contributed by atoms with Crippen LogP contribution < -0.4 is 15.8 Å². The number of carbonyl (C=O) groups is 2. The van der Waals surface area contributed by atoms with Gasteiger partial charge in [-0.25, -0.2) is 18.7 Å². The molecule has 0 spiro atoms. The van der Waals surface area contributed by atoms with E-state index in [0.29, 0.717) is 10.2 Å². The average molecular weight is 577 g/mol. The number of halogens is 5. The summed E-state index contributed by atoms with van der Waals surface area (Å²) in [6, 6.07) is 10.3. The molecule has 0 fully saturated rings. The van der Waals surface area contributed by atoms with Crippen LogP contribution in [0.3, 0.4) is 0 Å². The van der Waals surface area contributed by atoms with Crippen LogP contribution in [0.5, 0.6) is 5.75 Å². The lowest BCUT2D eigenvalue weighted by molar-refractivity contribution is -0.149. The molecule has 0 unspecified atom stereocenters. The second-order valence-electron chi connectivity index (χ2n) is 9.49. The molecule has 4 aromatic rings. The standard InChI is InChI=1S/C27H21F5N4O3S/c1-26(25(33)38)12-39-23-16(26)9-19(36-22(23)13-2-5-15(29)6-3-13)17(27(30,31)32)11-34-24(37)14-4-7-18-20(8-14)40-21(10-28)35-18/h2-9,17H,10-12H2,1H3,(H2,33,38)(H,34,37)/t17-,26+/m1/s1. The fourth-order valence-electron chi connectivity index (χ4n) is 4.44. The number of nitrogens with one attached hydrogen (secondary N) is 1. The summed E-state index contributed by atoms with van der Waals surface area (Å²) in [7, 11) is 0. The normalized spacial score (nSPS) is 17.4. The van der Waals surface area contributed by atoms with Gasteiger partial charge in [0.1, 0.15) is 46.9 Å². The highest BCUT2D eigenvalue weighted by atomic mass is 32.1. The van der Waals surface area contributed by atoms with E-state index in [-0.39, 0.29) is 39.7 Å². The largest absolute Gasteiger partial charge is 0.489 e. The van der Waals surface area contributed by atoms with Gasteiger partial charge >= 0.3 is 6.18 Å². The fraction of sp³-hybridized carbons (Fsp3) is 0.259. The van der Waals surface area contributed by atoms with E-state index in [0.717, 1.165) is 29.5 Å². The number of carbonyl (C=O) groups excluding carboxylic acids is 2. The molecule has 2 amide bonds. The third kappa shape index (κ3) is 4.96. The maximum atomic E-state index is 14.4. The summed E-state index contributed by atoms with van der Waals surface area (Å²) < 4.78 is 75.9. The van der Waals surface area contributed by atoms with Crippen LogP contribution in [0.2, 0.25) is 0 Å². The highest BCUT2D eigenvalue weighted by Crippen LogP contribution is 2.46. The number of benzene rings is 2. The van der Waals surface area contributed by atoms with Crippen LogP contribution in [-0.2, 0) is 16.9 Å².